The quantitative estimate of drug-likeness (QED) is 0.888. The number of nitrogens with zero attached hydrogens (tertiary/aromatic N) is 2. The second-order valence-corrected chi connectivity index (χ2v) is 4.99. The first-order valence-corrected chi connectivity index (χ1v) is 7.28. The summed E-state index contributed by atoms with van der Waals surface area (Å²) in [6.07, 6.45) is 1.63. The molecule has 1 aromatic carbocycles. The van der Waals surface area contributed by atoms with Gasteiger partial charge in [0.05, 0.1) is 30.1 Å². The predicted molar refractivity (Wildman–Crippen MR) is 81.4 cm³/mol. The topological polar surface area (TPSA) is 39.1 Å². The molecule has 1 atom stereocenters. The van der Waals surface area contributed by atoms with Crippen LogP contribution < -0.4 is 10.1 Å². The fourth-order valence-electron chi connectivity index (χ4n) is 2.34. The van der Waals surface area contributed by atoms with E-state index < -0.39 is 0 Å². The fraction of sp³-hybridized carbons (Fsp3) is 0.400. The number of halogens is 2. The van der Waals surface area contributed by atoms with Gasteiger partial charge in [-0.2, -0.15) is 5.10 Å². The molecule has 0 aliphatic heterocycles. The first-order valence-electron chi connectivity index (χ1n) is 6.90. The highest BCUT2D eigenvalue weighted by Crippen LogP contribution is 2.31. The molecule has 0 radical (unpaired) electrons. The molecule has 1 unspecified atom stereocenters. The highest BCUT2D eigenvalue weighted by molar-refractivity contribution is 6.31. The minimum atomic E-state index is -0.383. The number of rotatable bonds is 6. The third-order valence-electron chi connectivity index (χ3n) is 3.32. The van der Waals surface area contributed by atoms with Gasteiger partial charge in [0.2, 0.25) is 0 Å². The Kier molecular flexibility index (Phi) is 5.20. The number of methoxy groups -OCH3 is 1. The smallest absolute Gasteiger partial charge is 0.165 e. The van der Waals surface area contributed by atoms with E-state index in [0.717, 1.165) is 17.8 Å². The van der Waals surface area contributed by atoms with Crippen molar-refractivity contribution in [2.24, 2.45) is 0 Å². The molecule has 2 aromatic rings. The van der Waals surface area contributed by atoms with Crippen molar-refractivity contribution in [1.29, 1.82) is 0 Å². The van der Waals surface area contributed by atoms with Crippen molar-refractivity contribution in [1.82, 2.24) is 15.1 Å². The largest absolute Gasteiger partial charge is 0.494 e. The van der Waals surface area contributed by atoms with Crippen molar-refractivity contribution in [3.63, 3.8) is 0 Å². The Labute approximate surface area is 128 Å². The summed E-state index contributed by atoms with van der Waals surface area (Å²) in [5.41, 5.74) is 1.75. The molecule has 114 valence electrons. The molecule has 0 amide bonds. The van der Waals surface area contributed by atoms with Crippen LogP contribution in [0, 0.1) is 5.82 Å². The maximum Gasteiger partial charge on any atom is 0.165 e. The molecule has 0 saturated carbocycles. The number of nitrogens with one attached hydrogen (secondary N) is 1. The fourth-order valence-corrected chi connectivity index (χ4v) is 2.59. The van der Waals surface area contributed by atoms with Crippen LogP contribution in [0.25, 0.3) is 0 Å². The van der Waals surface area contributed by atoms with E-state index in [1.165, 1.54) is 13.2 Å². The number of hydrogen-bond acceptors (Lipinski definition) is 3. The molecule has 4 nitrogen and oxygen atoms in total. The standard InChI is InChI=1S/C15H19ClFN3O/c1-4-18-14(15-11(16)9-19-20(15)5-2)10-6-7-12(17)13(8-10)21-3/h6-9,14,18H,4-5H2,1-3H3. The van der Waals surface area contributed by atoms with Crippen molar-refractivity contribution in [2.75, 3.05) is 13.7 Å². The molecule has 21 heavy (non-hydrogen) atoms. The minimum Gasteiger partial charge on any atom is -0.494 e. The number of benzene rings is 1. The SMILES string of the molecule is CCNC(c1ccc(F)c(OC)c1)c1c(Cl)cnn1CC. The van der Waals surface area contributed by atoms with Crippen LogP contribution in [0.1, 0.15) is 31.1 Å². The average molecular weight is 312 g/mol. The number of hydrogen-bond donors (Lipinski definition) is 1. The van der Waals surface area contributed by atoms with Crippen LogP contribution in [0.15, 0.2) is 24.4 Å². The highest BCUT2D eigenvalue weighted by Gasteiger charge is 2.22. The monoisotopic (exact) mass is 311 g/mol. The molecular weight excluding hydrogens is 293 g/mol. The van der Waals surface area contributed by atoms with Crippen molar-refractivity contribution < 1.29 is 9.13 Å². The lowest BCUT2D eigenvalue weighted by atomic mass is 10.0. The Bertz CT molecular complexity index is 615. The van der Waals surface area contributed by atoms with Gasteiger partial charge >= 0.3 is 0 Å². The van der Waals surface area contributed by atoms with E-state index >= 15 is 0 Å². The summed E-state index contributed by atoms with van der Waals surface area (Å²) in [4.78, 5) is 0. The zero-order chi connectivity index (χ0) is 15.4. The van der Waals surface area contributed by atoms with Crippen LogP contribution in [0.5, 0.6) is 5.75 Å². The Hall–Kier alpha value is -1.59. The Balaban J connectivity index is 2.50. The number of aromatic nitrogens is 2. The zero-order valence-electron chi connectivity index (χ0n) is 12.4. The summed E-state index contributed by atoms with van der Waals surface area (Å²) in [5.74, 6) is -0.166. The van der Waals surface area contributed by atoms with Crippen LogP contribution in [-0.2, 0) is 6.54 Å². The van der Waals surface area contributed by atoms with E-state index in [2.05, 4.69) is 10.4 Å². The Morgan fingerprint density at radius 3 is 2.81 bits per heavy atom. The minimum absolute atomic E-state index is 0.167. The van der Waals surface area contributed by atoms with E-state index in [-0.39, 0.29) is 17.6 Å². The van der Waals surface area contributed by atoms with Crippen LogP contribution in [0.2, 0.25) is 5.02 Å². The van der Waals surface area contributed by atoms with Gasteiger partial charge in [-0.05, 0) is 31.2 Å². The Morgan fingerprint density at radius 2 is 2.19 bits per heavy atom. The molecule has 1 aromatic heterocycles. The summed E-state index contributed by atoms with van der Waals surface area (Å²) in [7, 11) is 1.45. The molecule has 1 heterocycles. The normalized spacial score (nSPS) is 12.4. The summed E-state index contributed by atoms with van der Waals surface area (Å²) in [6, 6.07) is 4.65. The molecule has 1 N–H and O–H groups in total. The lowest BCUT2D eigenvalue weighted by Gasteiger charge is -2.21. The lowest BCUT2D eigenvalue weighted by Crippen LogP contribution is -2.25. The molecule has 2 rings (SSSR count). The zero-order valence-corrected chi connectivity index (χ0v) is 13.1. The van der Waals surface area contributed by atoms with Crippen LogP contribution in [0.3, 0.4) is 0 Å². The lowest BCUT2D eigenvalue weighted by molar-refractivity contribution is 0.385. The average Bonchev–Trinajstić information content (AvgIpc) is 2.86. The maximum atomic E-state index is 13.6. The van der Waals surface area contributed by atoms with Crippen molar-refractivity contribution >= 4 is 11.6 Å². The number of ether oxygens (including phenoxy) is 1. The Morgan fingerprint density at radius 1 is 1.43 bits per heavy atom. The van der Waals surface area contributed by atoms with E-state index in [1.54, 1.807) is 18.3 Å². The highest BCUT2D eigenvalue weighted by atomic mass is 35.5. The molecule has 6 heteroatoms. The molecule has 0 spiro atoms. The van der Waals surface area contributed by atoms with Gasteiger partial charge in [-0.15, -0.1) is 0 Å². The second kappa shape index (κ2) is 6.91. The molecule has 0 aliphatic carbocycles. The van der Waals surface area contributed by atoms with Crippen molar-refractivity contribution in [2.45, 2.75) is 26.4 Å². The molecule has 0 aliphatic rings. The summed E-state index contributed by atoms with van der Waals surface area (Å²) < 4.78 is 20.5. The maximum absolute atomic E-state index is 13.6. The van der Waals surface area contributed by atoms with Gasteiger partial charge in [0.25, 0.3) is 0 Å². The molecule has 0 fully saturated rings. The molecule has 0 saturated heterocycles. The molecular formula is C15H19ClFN3O. The van der Waals surface area contributed by atoms with Gasteiger partial charge in [-0.25, -0.2) is 4.39 Å². The third-order valence-corrected chi connectivity index (χ3v) is 3.61. The van der Waals surface area contributed by atoms with Gasteiger partial charge in [0, 0.05) is 6.54 Å². The van der Waals surface area contributed by atoms with Gasteiger partial charge in [-0.1, -0.05) is 24.6 Å². The van der Waals surface area contributed by atoms with E-state index in [9.17, 15) is 4.39 Å². The van der Waals surface area contributed by atoms with Crippen LogP contribution in [-0.4, -0.2) is 23.4 Å². The van der Waals surface area contributed by atoms with E-state index in [4.69, 9.17) is 16.3 Å². The second-order valence-electron chi connectivity index (χ2n) is 4.58. The number of aryl methyl sites for hydroxylation is 1. The van der Waals surface area contributed by atoms with Crippen LogP contribution >= 0.6 is 11.6 Å². The van der Waals surface area contributed by atoms with E-state index in [0.29, 0.717) is 11.6 Å². The van der Waals surface area contributed by atoms with Gasteiger partial charge in [0.15, 0.2) is 11.6 Å². The summed E-state index contributed by atoms with van der Waals surface area (Å²) in [5, 5.41) is 8.22. The van der Waals surface area contributed by atoms with Gasteiger partial charge in [0.1, 0.15) is 0 Å². The van der Waals surface area contributed by atoms with Crippen molar-refractivity contribution in [3.05, 3.63) is 46.5 Å². The van der Waals surface area contributed by atoms with Crippen molar-refractivity contribution in [3.8, 4) is 5.75 Å². The van der Waals surface area contributed by atoms with Gasteiger partial charge in [-0.3, -0.25) is 4.68 Å². The first-order chi connectivity index (χ1) is 10.1. The predicted octanol–water partition coefficient (Wildman–Crippen LogP) is 3.40. The van der Waals surface area contributed by atoms with Crippen LogP contribution in [0.4, 0.5) is 4.39 Å². The summed E-state index contributed by atoms with van der Waals surface area (Å²) in [6.45, 7) is 5.47. The first kappa shape index (κ1) is 15.8. The third kappa shape index (κ3) is 3.19. The summed E-state index contributed by atoms with van der Waals surface area (Å²) >= 11 is 6.28. The van der Waals surface area contributed by atoms with Gasteiger partial charge < -0.3 is 10.1 Å². The molecule has 0 bridgehead atoms. The van der Waals surface area contributed by atoms with E-state index in [1.807, 2.05) is 18.5 Å².